The Kier molecular flexibility index (Phi) is 3.83. The van der Waals surface area contributed by atoms with Gasteiger partial charge in [-0.2, -0.15) is 20.1 Å². The Hall–Kier alpha value is -2.75. The Balaban J connectivity index is 2.19. The first-order valence-electron chi connectivity index (χ1n) is 5.44. The van der Waals surface area contributed by atoms with Gasteiger partial charge in [-0.3, -0.25) is 10.2 Å². The number of amides is 1. The molecule has 100 valence electrons. The molecule has 2 aromatic heterocycles. The lowest BCUT2D eigenvalue weighted by Crippen LogP contribution is -2.19. The number of nitrogens with one attached hydrogen (secondary N) is 2. The maximum absolute atomic E-state index is 10.6. The molecule has 0 atom stereocenters. The summed E-state index contributed by atoms with van der Waals surface area (Å²) in [5.41, 5.74) is 7.38. The molecule has 0 unspecified atom stereocenters. The van der Waals surface area contributed by atoms with Crippen LogP contribution in [0.4, 0.5) is 11.9 Å². The summed E-state index contributed by atoms with van der Waals surface area (Å²) in [4.78, 5) is 22.8. The summed E-state index contributed by atoms with van der Waals surface area (Å²) in [7, 11) is 0. The highest BCUT2D eigenvalue weighted by molar-refractivity contribution is 5.74. The summed E-state index contributed by atoms with van der Waals surface area (Å²) in [6.07, 6.45) is 3.45. The first-order chi connectivity index (χ1) is 9.19. The Labute approximate surface area is 108 Å². The molecule has 0 aliphatic rings. The smallest absolute Gasteiger partial charge is 0.257 e. The molecular formula is C9H13N9O. The molecule has 1 amide bonds. The number of carbonyl (C=O) groups is 1. The molecule has 0 radical (unpaired) electrons. The normalized spacial score (nSPS) is 10.2. The third-order valence-corrected chi connectivity index (χ3v) is 2.12. The van der Waals surface area contributed by atoms with Crippen LogP contribution in [-0.2, 0) is 4.79 Å². The minimum Gasteiger partial charge on any atom is -0.370 e. The van der Waals surface area contributed by atoms with Crippen LogP contribution in [0.25, 0.3) is 5.95 Å². The fourth-order valence-electron chi connectivity index (χ4n) is 1.30. The highest BCUT2D eigenvalue weighted by Crippen LogP contribution is 2.07. The molecule has 10 nitrogen and oxygen atoms in total. The number of rotatable bonds is 6. The van der Waals surface area contributed by atoms with Crippen molar-refractivity contribution in [3.8, 4) is 5.95 Å². The number of primary amides is 1. The van der Waals surface area contributed by atoms with Crippen LogP contribution in [0.2, 0.25) is 0 Å². The molecule has 0 aliphatic carbocycles. The van der Waals surface area contributed by atoms with Gasteiger partial charge in [-0.05, 0) is 6.07 Å². The number of aromatic nitrogens is 5. The zero-order chi connectivity index (χ0) is 13.7. The summed E-state index contributed by atoms with van der Waals surface area (Å²) < 4.78 is 1.46. The van der Waals surface area contributed by atoms with Crippen LogP contribution in [0, 0.1) is 0 Å². The van der Waals surface area contributed by atoms with Crippen molar-refractivity contribution in [2.75, 3.05) is 17.3 Å². The van der Waals surface area contributed by atoms with E-state index in [1.54, 1.807) is 18.5 Å². The molecule has 10 heteroatoms. The van der Waals surface area contributed by atoms with E-state index in [0.717, 1.165) is 0 Å². The van der Waals surface area contributed by atoms with E-state index in [1.165, 1.54) is 4.68 Å². The van der Waals surface area contributed by atoms with E-state index in [0.29, 0.717) is 12.5 Å². The van der Waals surface area contributed by atoms with Crippen LogP contribution in [0.3, 0.4) is 0 Å². The number of nitrogens with zero attached hydrogens (tertiary/aromatic N) is 5. The second-order valence-corrected chi connectivity index (χ2v) is 3.52. The molecule has 0 spiro atoms. The topological polar surface area (TPSA) is 150 Å². The Morgan fingerprint density at radius 1 is 1.32 bits per heavy atom. The third-order valence-electron chi connectivity index (χ3n) is 2.12. The molecule has 0 fully saturated rings. The molecule has 0 aliphatic heterocycles. The number of hydrazine groups is 1. The van der Waals surface area contributed by atoms with Crippen LogP contribution in [0.1, 0.15) is 6.42 Å². The summed E-state index contributed by atoms with van der Waals surface area (Å²) in [5, 5.41) is 6.86. The average Bonchev–Trinajstić information content (AvgIpc) is 2.92. The van der Waals surface area contributed by atoms with Crippen molar-refractivity contribution in [3.05, 3.63) is 18.5 Å². The Morgan fingerprint density at radius 2 is 2.11 bits per heavy atom. The summed E-state index contributed by atoms with van der Waals surface area (Å²) >= 11 is 0. The first-order valence-corrected chi connectivity index (χ1v) is 5.44. The zero-order valence-electron chi connectivity index (χ0n) is 9.95. The van der Waals surface area contributed by atoms with Gasteiger partial charge in [0.05, 0.1) is 0 Å². The van der Waals surface area contributed by atoms with Gasteiger partial charge < -0.3 is 11.1 Å². The van der Waals surface area contributed by atoms with Gasteiger partial charge in [0.25, 0.3) is 5.95 Å². The number of hydrogen-bond donors (Lipinski definition) is 4. The molecule has 2 heterocycles. The molecular weight excluding hydrogens is 250 g/mol. The Bertz CT molecular complexity index is 553. The van der Waals surface area contributed by atoms with Crippen molar-refractivity contribution in [1.82, 2.24) is 24.7 Å². The minimum atomic E-state index is -0.411. The van der Waals surface area contributed by atoms with Crippen LogP contribution >= 0.6 is 0 Å². The SMILES string of the molecule is NNc1nc(NCCC(N)=O)nc(-n2cccn2)n1. The predicted molar refractivity (Wildman–Crippen MR) is 67.1 cm³/mol. The molecule has 0 bridgehead atoms. The van der Waals surface area contributed by atoms with E-state index in [-0.39, 0.29) is 18.3 Å². The number of anilines is 2. The maximum Gasteiger partial charge on any atom is 0.257 e. The minimum absolute atomic E-state index is 0.175. The number of nitrogen functional groups attached to an aromatic ring is 1. The fourth-order valence-corrected chi connectivity index (χ4v) is 1.30. The second kappa shape index (κ2) is 5.73. The van der Waals surface area contributed by atoms with E-state index in [2.05, 4.69) is 30.8 Å². The van der Waals surface area contributed by atoms with Crippen molar-refractivity contribution in [3.63, 3.8) is 0 Å². The van der Waals surface area contributed by atoms with Gasteiger partial charge in [0.2, 0.25) is 17.8 Å². The van der Waals surface area contributed by atoms with Gasteiger partial charge in [0.15, 0.2) is 0 Å². The number of carbonyl (C=O) groups excluding carboxylic acids is 1. The zero-order valence-corrected chi connectivity index (χ0v) is 9.95. The largest absolute Gasteiger partial charge is 0.370 e. The maximum atomic E-state index is 10.6. The van der Waals surface area contributed by atoms with Gasteiger partial charge in [-0.25, -0.2) is 10.5 Å². The molecule has 0 aromatic carbocycles. The van der Waals surface area contributed by atoms with Crippen LogP contribution in [0.5, 0.6) is 0 Å². The van der Waals surface area contributed by atoms with Gasteiger partial charge in [-0.1, -0.05) is 0 Å². The van der Waals surface area contributed by atoms with Gasteiger partial charge in [0, 0.05) is 25.4 Å². The molecule has 0 saturated heterocycles. The Morgan fingerprint density at radius 3 is 2.74 bits per heavy atom. The van der Waals surface area contributed by atoms with Crippen molar-refractivity contribution in [2.24, 2.45) is 11.6 Å². The summed E-state index contributed by atoms with van der Waals surface area (Å²) in [6, 6.07) is 1.74. The van der Waals surface area contributed by atoms with E-state index in [1.807, 2.05) is 0 Å². The molecule has 19 heavy (non-hydrogen) atoms. The lowest BCUT2D eigenvalue weighted by Gasteiger charge is -2.07. The second-order valence-electron chi connectivity index (χ2n) is 3.52. The van der Waals surface area contributed by atoms with Crippen molar-refractivity contribution in [1.29, 1.82) is 0 Å². The van der Waals surface area contributed by atoms with Crippen molar-refractivity contribution in [2.45, 2.75) is 6.42 Å². The predicted octanol–water partition coefficient (Wildman–Crippen LogP) is -1.37. The molecule has 6 N–H and O–H groups in total. The lowest BCUT2D eigenvalue weighted by atomic mass is 10.4. The first kappa shape index (κ1) is 12.7. The molecule has 2 rings (SSSR count). The van der Waals surface area contributed by atoms with Crippen LogP contribution in [0.15, 0.2) is 18.5 Å². The summed E-state index contributed by atoms with van der Waals surface area (Å²) in [6.45, 7) is 0.321. The van der Waals surface area contributed by atoms with E-state index < -0.39 is 5.91 Å². The van der Waals surface area contributed by atoms with Gasteiger partial charge in [0.1, 0.15) is 0 Å². The standard InChI is InChI=1S/C9H13N9O/c10-6(19)2-4-12-7-14-8(17-11)16-9(15-7)18-5-1-3-13-18/h1,3,5H,2,4,11H2,(H2,10,19)(H2,12,14,15,16,17). The highest BCUT2D eigenvalue weighted by atomic mass is 16.1. The van der Waals surface area contributed by atoms with E-state index in [9.17, 15) is 4.79 Å². The number of hydrogen-bond acceptors (Lipinski definition) is 8. The van der Waals surface area contributed by atoms with Gasteiger partial charge in [-0.15, -0.1) is 0 Å². The fraction of sp³-hybridized carbons (Fsp3) is 0.222. The number of nitrogens with two attached hydrogens (primary N) is 2. The molecule has 0 saturated carbocycles. The summed E-state index contributed by atoms with van der Waals surface area (Å²) in [5.74, 6) is 5.63. The third kappa shape index (κ3) is 3.35. The van der Waals surface area contributed by atoms with Crippen LogP contribution < -0.4 is 22.3 Å². The quantitative estimate of drug-likeness (QED) is 0.368. The van der Waals surface area contributed by atoms with Gasteiger partial charge >= 0.3 is 0 Å². The lowest BCUT2D eigenvalue weighted by molar-refractivity contribution is -0.117. The van der Waals surface area contributed by atoms with Crippen LogP contribution in [-0.4, -0.2) is 37.2 Å². The van der Waals surface area contributed by atoms with Crippen molar-refractivity contribution < 1.29 is 4.79 Å². The average molecular weight is 263 g/mol. The monoisotopic (exact) mass is 263 g/mol. The van der Waals surface area contributed by atoms with Crippen molar-refractivity contribution >= 4 is 17.8 Å². The highest BCUT2D eigenvalue weighted by Gasteiger charge is 2.07. The molecule has 2 aromatic rings. The van der Waals surface area contributed by atoms with E-state index in [4.69, 9.17) is 11.6 Å². The van der Waals surface area contributed by atoms with E-state index >= 15 is 0 Å².